The number of nitrogens with two attached hydrogens (primary N) is 4. The van der Waals surface area contributed by atoms with Gasteiger partial charge in [-0.2, -0.15) is 46.6 Å². The Hall–Kier alpha value is -9.84. The van der Waals surface area contributed by atoms with Crippen LogP contribution in [0.2, 0.25) is 0 Å². The van der Waals surface area contributed by atoms with Gasteiger partial charge < -0.3 is 44.2 Å². The van der Waals surface area contributed by atoms with Crippen molar-refractivity contribution in [2.45, 2.75) is 101 Å². The molecule has 2 unspecified atom stereocenters. The molecule has 4 aromatic carbocycles. The van der Waals surface area contributed by atoms with Gasteiger partial charge in [-0.25, -0.2) is 55.9 Å². The smallest absolute Gasteiger partial charge is 0.256 e. The molecule has 40 heteroatoms. The van der Waals surface area contributed by atoms with Gasteiger partial charge in [0.25, 0.3) is 23.6 Å². The molecular weight excluding hydrogens is 1490 g/mol. The molecule has 0 amide bonds. The summed E-state index contributed by atoms with van der Waals surface area (Å²) in [6.45, 7) is 3.85. The first-order valence-corrected chi connectivity index (χ1v) is 42.0. The molecule has 0 spiro atoms. The zero-order valence-corrected chi connectivity index (χ0v) is 62.4. The van der Waals surface area contributed by atoms with Gasteiger partial charge in [0.1, 0.15) is 46.5 Å². The Kier molecular flexibility index (Phi) is 20.9. The first kappa shape index (κ1) is 76.4. The van der Waals surface area contributed by atoms with Crippen LogP contribution in [-0.2, 0) is 92.0 Å². The SMILES string of the molecule is CS(=O)(=O)N1CCc2c(N)nn(C(=O)C3CCNc4ccc(F)cc43)c2C1.CS(=O)(=O)N1CCc2c(nn(C(=O)C3CCNc4ccc(F)cc43)c2N)C1.CS(=O)(=O)N1CCc2c(nn(C(=O)[C@@H]3CCNc4ccc(F)cc43)c2N)C1.CS(=O)(=O)N1CCc2c(nn(C(=O)[C@H]3CCNc4ccc(F)cc43)c2N)C1. The number of carbonyl (C=O) groups excluding carboxylic acids is 4. The average molecular weight is 1570 g/mol. The molecule has 12 heterocycles. The van der Waals surface area contributed by atoms with Gasteiger partial charge in [-0.1, -0.05) is 0 Å². The minimum atomic E-state index is -3.40. The predicted octanol–water partition coefficient (Wildman–Crippen LogP) is 4.65. The molecule has 0 radical (unpaired) electrons. The summed E-state index contributed by atoms with van der Waals surface area (Å²) in [4.78, 5) is 52.6. The van der Waals surface area contributed by atoms with Crippen LogP contribution >= 0.6 is 0 Å². The molecule has 108 heavy (non-hydrogen) atoms. The minimum Gasteiger partial charge on any atom is -0.385 e. The number of sulfonamides is 4. The van der Waals surface area contributed by atoms with Gasteiger partial charge in [-0.05, 0) is 146 Å². The van der Waals surface area contributed by atoms with Crippen LogP contribution in [0.3, 0.4) is 0 Å². The van der Waals surface area contributed by atoms with E-state index >= 15 is 0 Å². The number of aromatic nitrogens is 8. The van der Waals surface area contributed by atoms with E-state index in [9.17, 15) is 70.4 Å². The number of carbonyl (C=O) groups is 4. The highest BCUT2D eigenvalue weighted by atomic mass is 32.2. The Morgan fingerprint density at radius 2 is 0.620 bits per heavy atom. The molecular formula is C68H80F4N20O12S4. The van der Waals surface area contributed by atoms with Crippen LogP contribution in [0.1, 0.15) is 136 Å². The highest BCUT2D eigenvalue weighted by Gasteiger charge is 2.40. The first-order chi connectivity index (χ1) is 51.0. The van der Waals surface area contributed by atoms with E-state index in [4.69, 9.17) is 22.9 Å². The number of rotatable bonds is 8. The first-order valence-electron chi connectivity index (χ1n) is 34.6. The largest absolute Gasteiger partial charge is 0.385 e. The van der Waals surface area contributed by atoms with E-state index in [0.717, 1.165) is 56.1 Å². The van der Waals surface area contributed by atoms with Crippen LogP contribution in [0.4, 0.5) is 63.6 Å². The summed E-state index contributed by atoms with van der Waals surface area (Å²) in [5.74, 6) is -4.29. The van der Waals surface area contributed by atoms with Gasteiger partial charge in [0, 0.05) is 97.4 Å². The molecule has 576 valence electrons. The average Bonchev–Trinajstić information content (AvgIpc) is 1.49. The van der Waals surface area contributed by atoms with Crippen LogP contribution in [-0.4, -0.2) is 191 Å². The third kappa shape index (κ3) is 15.4. The van der Waals surface area contributed by atoms with E-state index in [-0.39, 0.29) is 73.1 Å². The van der Waals surface area contributed by atoms with E-state index < -0.39 is 87.0 Å². The molecule has 4 atom stereocenters. The standard InChI is InChI=1S/4C17H20FN5O3S/c1-27(25,26)22-7-5-12-15(9-22)23(21-16(12)19)17(24)11-4-6-20-14-3-2-10(18)8-13(11)14;3*1-27(25,26)22-7-5-12-15(9-22)21-23(16(12)19)17(24)11-4-6-20-14-3-2-10(18)8-13(11)14/h2-3,8,11,20H,4-7,9H2,1H3,(H2,19,21);3*2-3,8,11,20H,4-7,9,19H2,1H3/t;2*11-;/m.10./s1. The highest BCUT2D eigenvalue weighted by molar-refractivity contribution is 7.89. The monoisotopic (exact) mass is 1570 g/mol. The zero-order chi connectivity index (χ0) is 77.4. The summed E-state index contributed by atoms with van der Waals surface area (Å²) >= 11 is 0. The molecule has 12 N–H and O–H groups in total. The highest BCUT2D eigenvalue weighted by Crippen LogP contribution is 2.41. The second kappa shape index (κ2) is 29.6. The second-order valence-electron chi connectivity index (χ2n) is 27.6. The molecule has 0 bridgehead atoms. The topological polar surface area (TPSA) is 441 Å². The Bertz CT molecular complexity index is 5060. The molecule has 32 nitrogen and oxygen atoms in total. The van der Waals surface area contributed by atoms with Crippen LogP contribution in [0.15, 0.2) is 72.8 Å². The lowest BCUT2D eigenvalue weighted by molar-refractivity contribution is 0.0844. The predicted molar refractivity (Wildman–Crippen MR) is 394 cm³/mol. The lowest BCUT2D eigenvalue weighted by atomic mass is 9.90. The number of fused-ring (bicyclic) bond motifs is 8. The number of nitrogens with zero attached hydrogens (tertiary/aromatic N) is 12. The lowest BCUT2D eigenvalue weighted by Gasteiger charge is -2.28. The molecule has 4 aromatic heterocycles. The summed E-state index contributed by atoms with van der Waals surface area (Å²) in [7, 11) is -13.4. The third-order valence-electron chi connectivity index (χ3n) is 20.6. The maximum atomic E-state index is 13.7. The number of benzene rings is 4. The molecule has 8 aliphatic heterocycles. The van der Waals surface area contributed by atoms with Gasteiger partial charge in [-0.3, -0.25) is 19.2 Å². The van der Waals surface area contributed by atoms with Crippen molar-refractivity contribution in [3.8, 4) is 0 Å². The minimum absolute atomic E-state index is 0.0467. The fourth-order valence-electron chi connectivity index (χ4n) is 15.0. The van der Waals surface area contributed by atoms with Gasteiger partial charge in [0.05, 0.1) is 97.6 Å². The van der Waals surface area contributed by atoms with Crippen molar-refractivity contribution in [3.05, 3.63) is 163 Å². The van der Waals surface area contributed by atoms with Crippen molar-refractivity contribution in [2.75, 3.05) is 122 Å². The van der Waals surface area contributed by atoms with Crippen molar-refractivity contribution in [1.29, 1.82) is 0 Å². The summed E-state index contributed by atoms with van der Waals surface area (Å²) in [6.07, 6.45) is 8.14. The van der Waals surface area contributed by atoms with E-state index in [1.165, 1.54) is 70.4 Å². The van der Waals surface area contributed by atoms with Crippen LogP contribution in [0.5, 0.6) is 0 Å². The van der Waals surface area contributed by atoms with E-state index in [1.54, 1.807) is 24.3 Å². The second-order valence-corrected chi connectivity index (χ2v) is 35.6. The van der Waals surface area contributed by atoms with Crippen molar-refractivity contribution in [2.24, 2.45) is 0 Å². The number of halogens is 4. The molecule has 0 saturated carbocycles. The molecule has 0 saturated heterocycles. The number of nitrogen functional groups attached to an aromatic ring is 4. The van der Waals surface area contributed by atoms with Gasteiger partial charge in [0.2, 0.25) is 40.1 Å². The zero-order valence-electron chi connectivity index (χ0n) is 59.1. The maximum Gasteiger partial charge on any atom is 0.256 e. The molecule has 8 aromatic rings. The fourth-order valence-corrected chi connectivity index (χ4v) is 18.1. The Labute approximate surface area is 619 Å². The van der Waals surface area contributed by atoms with E-state index in [1.807, 2.05) is 0 Å². The number of hydrogen-bond donors (Lipinski definition) is 8. The van der Waals surface area contributed by atoms with Crippen molar-refractivity contribution in [3.63, 3.8) is 0 Å². The lowest BCUT2D eigenvalue weighted by Crippen LogP contribution is -2.37. The van der Waals surface area contributed by atoms with Crippen molar-refractivity contribution >= 4 is 110 Å². The summed E-state index contributed by atoms with van der Waals surface area (Å²) in [5, 5.41) is 29.7. The van der Waals surface area contributed by atoms with E-state index in [0.29, 0.717) is 177 Å². The number of anilines is 8. The summed E-state index contributed by atoms with van der Waals surface area (Å²) in [6, 6.07) is 17.3. The van der Waals surface area contributed by atoms with Gasteiger partial charge in [0.15, 0.2) is 0 Å². The Morgan fingerprint density at radius 3 is 0.889 bits per heavy atom. The van der Waals surface area contributed by atoms with Crippen LogP contribution in [0, 0.1) is 23.3 Å². The number of nitrogens with one attached hydrogen (secondary N) is 4. The molecule has 0 fully saturated rings. The molecule has 16 rings (SSSR count). The normalized spacial score (nSPS) is 19.9. The Balaban J connectivity index is 0.000000127. The van der Waals surface area contributed by atoms with Gasteiger partial charge in [-0.15, -0.1) is 5.10 Å². The van der Waals surface area contributed by atoms with Crippen LogP contribution in [0.25, 0.3) is 0 Å². The van der Waals surface area contributed by atoms with Crippen molar-refractivity contribution < 1.29 is 70.4 Å². The fraction of sp³-hybridized carbons (Fsp3) is 0.412. The quantitative estimate of drug-likeness (QED) is 0.0960. The maximum absolute atomic E-state index is 13.7. The molecule has 0 aliphatic carbocycles. The number of hydrogen-bond acceptors (Lipinski definition) is 24. The van der Waals surface area contributed by atoms with E-state index in [2.05, 4.69) is 41.7 Å². The molecule has 8 aliphatic rings. The van der Waals surface area contributed by atoms with Crippen LogP contribution < -0.4 is 44.2 Å². The summed E-state index contributed by atoms with van der Waals surface area (Å²) < 4.78 is 159. The van der Waals surface area contributed by atoms with Gasteiger partial charge >= 0.3 is 0 Å². The third-order valence-corrected chi connectivity index (χ3v) is 25.6. The van der Waals surface area contributed by atoms with Crippen molar-refractivity contribution in [1.82, 2.24) is 56.3 Å². The Morgan fingerprint density at radius 1 is 0.370 bits per heavy atom. The summed E-state index contributed by atoms with van der Waals surface area (Å²) in [5.41, 5.74) is 34.4.